The number of hydrogen-bond donors (Lipinski definition) is 1. The first kappa shape index (κ1) is 15.8. The Hall–Kier alpha value is -0.610. The van der Waals surface area contributed by atoms with E-state index >= 15 is 0 Å². The number of rotatable bonds is 6. The molecular weight excluding hydrogens is 252 g/mol. The third kappa shape index (κ3) is 3.01. The minimum atomic E-state index is -0.238. The van der Waals surface area contributed by atoms with E-state index in [0.717, 1.165) is 38.8 Å². The van der Waals surface area contributed by atoms with Crippen molar-refractivity contribution in [2.24, 2.45) is 5.41 Å². The van der Waals surface area contributed by atoms with E-state index in [2.05, 4.69) is 31.0 Å². The standard InChI is InChI=1S/C16H30N2O2/c1-5-13-17-16(8-6-7-9-16)14(19)18(13)12-15(2,3)10-11-20-4/h13,17H,5-12H2,1-4H3. The molecule has 0 aromatic heterocycles. The Balaban J connectivity index is 2.07. The van der Waals surface area contributed by atoms with E-state index in [1.807, 2.05) is 0 Å². The second-order valence-electron chi connectivity index (χ2n) is 7.20. The number of ether oxygens (including phenoxy) is 1. The van der Waals surface area contributed by atoms with Crippen molar-refractivity contribution in [2.75, 3.05) is 20.3 Å². The molecule has 2 aliphatic rings. The molecule has 1 amide bonds. The smallest absolute Gasteiger partial charge is 0.244 e. The number of carbonyl (C=O) groups is 1. The van der Waals surface area contributed by atoms with E-state index in [4.69, 9.17) is 4.74 Å². The summed E-state index contributed by atoms with van der Waals surface area (Å²) in [6.07, 6.45) is 6.55. The van der Waals surface area contributed by atoms with Crippen LogP contribution in [0.25, 0.3) is 0 Å². The van der Waals surface area contributed by atoms with Crippen LogP contribution in [0, 0.1) is 5.41 Å². The summed E-state index contributed by atoms with van der Waals surface area (Å²) >= 11 is 0. The zero-order chi connectivity index (χ0) is 14.8. The van der Waals surface area contributed by atoms with Crippen molar-refractivity contribution in [3.63, 3.8) is 0 Å². The van der Waals surface area contributed by atoms with Crippen LogP contribution in [-0.4, -0.2) is 42.8 Å². The molecule has 1 N–H and O–H groups in total. The van der Waals surface area contributed by atoms with Gasteiger partial charge in [0.05, 0.1) is 11.7 Å². The normalized spacial score (nSPS) is 25.9. The molecule has 0 radical (unpaired) electrons. The molecular formula is C16H30N2O2. The average Bonchev–Trinajstić information content (AvgIpc) is 2.98. The molecule has 1 aliphatic carbocycles. The summed E-state index contributed by atoms with van der Waals surface area (Å²) < 4.78 is 5.20. The van der Waals surface area contributed by atoms with Crippen LogP contribution in [0.2, 0.25) is 0 Å². The molecule has 0 aromatic rings. The maximum Gasteiger partial charge on any atom is 0.244 e. The van der Waals surface area contributed by atoms with E-state index < -0.39 is 0 Å². The quantitative estimate of drug-likeness (QED) is 0.814. The predicted molar refractivity (Wildman–Crippen MR) is 80.4 cm³/mol. The number of methoxy groups -OCH3 is 1. The lowest BCUT2D eigenvalue weighted by molar-refractivity contribution is -0.134. The predicted octanol–water partition coefficient (Wildman–Crippen LogP) is 2.53. The third-order valence-corrected chi connectivity index (χ3v) is 4.91. The SMILES string of the molecule is CCC1NC2(CCCC2)C(=O)N1CC(C)(C)CCOC. The minimum absolute atomic E-state index is 0.102. The summed E-state index contributed by atoms with van der Waals surface area (Å²) in [6, 6.07) is 0. The van der Waals surface area contributed by atoms with E-state index in [1.165, 1.54) is 12.8 Å². The van der Waals surface area contributed by atoms with Gasteiger partial charge in [0.25, 0.3) is 0 Å². The molecule has 2 rings (SSSR count). The van der Waals surface area contributed by atoms with Crippen LogP contribution in [0.4, 0.5) is 0 Å². The van der Waals surface area contributed by atoms with Gasteiger partial charge < -0.3 is 9.64 Å². The van der Waals surface area contributed by atoms with Crippen LogP contribution in [0.15, 0.2) is 0 Å². The topological polar surface area (TPSA) is 41.6 Å². The number of carbonyl (C=O) groups excluding carboxylic acids is 1. The van der Waals surface area contributed by atoms with Gasteiger partial charge >= 0.3 is 0 Å². The monoisotopic (exact) mass is 282 g/mol. The van der Waals surface area contributed by atoms with Crippen molar-refractivity contribution >= 4 is 5.91 Å². The van der Waals surface area contributed by atoms with E-state index in [-0.39, 0.29) is 17.1 Å². The molecule has 116 valence electrons. The van der Waals surface area contributed by atoms with Gasteiger partial charge in [-0.15, -0.1) is 0 Å². The lowest BCUT2D eigenvalue weighted by Crippen LogP contribution is -2.45. The molecule has 4 heteroatoms. The maximum absolute atomic E-state index is 12.9. The molecule has 1 unspecified atom stereocenters. The van der Waals surface area contributed by atoms with Crippen LogP contribution in [0.1, 0.15) is 59.3 Å². The number of hydrogen-bond acceptors (Lipinski definition) is 3. The summed E-state index contributed by atoms with van der Waals surface area (Å²) in [6.45, 7) is 8.19. The fourth-order valence-electron chi connectivity index (χ4n) is 3.63. The summed E-state index contributed by atoms with van der Waals surface area (Å²) in [5, 5.41) is 3.64. The Labute approximate surface area is 123 Å². The highest BCUT2D eigenvalue weighted by atomic mass is 16.5. The largest absolute Gasteiger partial charge is 0.385 e. The Morgan fingerprint density at radius 2 is 2.05 bits per heavy atom. The highest BCUT2D eigenvalue weighted by Crippen LogP contribution is 2.38. The van der Waals surface area contributed by atoms with Crippen molar-refractivity contribution < 1.29 is 9.53 Å². The van der Waals surface area contributed by atoms with Crippen LogP contribution in [0.3, 0.4) is 0 Å². The first-order chi connectivity index (χ1) is 9.44. The summed E-state index contributed by atoms with van der Waals surface area (Å²) in [7, 11) is 1.74. The Kier molecular flexibility index (Phi) is 4.75. The number of nitrogens with zero attached hydrogens (tertiary/aromatic N) is 1. The zero-order valence-electron chi connectivity index (χ0n) is 13.5. The number of nitrogens with one attached hydrogen (secondary N) is 1. The zero-order valence-corrected chi connectivity index (χ0v) is 13.5. The Morgan fingerprint density at radius 1 is 1.40 bits per heavy atom. The van der Waals surface area contributed by atoms with Gasteiger partial charge in [-0.05, 0) is 31.1 Å². The lowest BCUT2D eigenvalue weighted by Gasteiger charge is -2.33. The van der Waals surface area contributed by atoms with Crippen molar-refractivity contribution in [3.8, 4) is 0 Å². The first-order valence-corrected chi connectivity index (χ1v) is 8.02. The molecule has 0 bridgehead atoms. The molecule has 1 saturated carbocycles. The molecule has 4 nitrogen and oxygen atoms in total. The summed E-state index contributed by atoms with van der Waals surface area (Å²) in [5.74, 6) is 0.340. The average molecular weight is 282 g/mol. The summed E-state index contributed by atoms with van der Waals surface area (Å²) in [5.41, 5.74) is -0.136. The molecule has 1 saturated heterocycles. The van der Waals surface area contributed by atoms with E-state index in [1.54, 1.807) is 7.11 Å². The second-order valence-corrected chi connectivity index (χ2v) is 7.20. The van der Waals surface area contributed by atoms with Gasteiger partial charge in [0.2, 0.25) is 5.91 Å². The molecule has 20 heavy (non-hydrogen) atoms. The van der Waals surface area contributed by atoms with Gasteiger partial charge in [0.1, 0.15) is 0 Å². The maximum atomic E-state index is 12.9. The molecule has 1 aliphatic heterocycles. The lowest BCUT2D eigenvalue weighted by atomic mass is 9.88. The Bertz CT molecular complexity index is 348. The van der Waals surface area contributed by atoms with Gasteiger partial charge in [0.15, 0.2) is 0 Å². The number of amides is 1. The van der Waals surface area contributed by atoms with Crippen molar-refractivity contribution in [1.82, 2.24) is 10.2 Å². The molecule has 1 spiro atoms. The minimum Gasteiger partial charge on any atom is -0.385 e. The molecule has 1 heterocycles. The first-order valence-electron chi connectivity index (χ1n) is 8.02. The fourth-order valence-corrected chi connectivity index (χ4v) is 3.63. The summed E-state index contributed by atoms with van der Waals surface area (Å²) in [4.78, 5) is 15.0. The van der Waals surface area contributed by atoms with Gasteiger partial charge in [0, 0.05) is 20.3 Å². The highest BCUT2D eigenvalue weighted by Gasteiger charge is 2.52. The van der Waals surface area contributed by atoms with Crippen molar-refractivity contribution in [3.05, 3.63) is 0 Å². The Morgan fingerprint density at radius 3 is 2.60 bits per heavy atom. The fraction of sp³-hybridized carbons (Fsp3) is 0.938. The van der Waals surface area contributed by atoms with Crippen LogP contribution in [0.5, 0.6) is 0 Å². The van der Waals surface area contributed by atoms with Gasteiger partial charge in [-0.2, -0.15) is 0 Å². The molecule has 2 fully saturated rings. The van der Waals surface area contributed by atoms with Gasteiger partial charge in [-0.25, -0.2) is 0 Å². The van der Waals surface area contributed by atoms with Gasteiger partial charge in [-0.3, -0.25) is 10.1 Å². The van der Waals surface area contributed by atoms with Crippen molar-refractivity contribution in [2.45, 2.75) is 71.0 Å². The van der Waals surface area contributed by atoms with Crippen LogP contribution in [-0.2, 0) is 9.53 Å². The van der Waals surface area contributed by atoms with Crippen molar-refractivity contribution in [1.29, 1.82) is 0 Å². The molecule has 1 atom stereocenters. The highest BCUT2D eigenvalue weighted by molar-refractivity contribution is 5.89. The van der Waals surface area contributed by atoms with Gasteiger partial charge in [-0.1, -0.05) is 33.6 Å². The third-order valence-electron chi connectivity index (χ3n) is 4.91. The second kappa shape index (κ2) is 6.02. The van der Waals surface area contributed by atoms with E-state index in [9.17, 15) is 4.79 Å². The molecule has 0 aromatic carbocycles. The van der Waals surface area contributed by atoms with Crippen LogP contribution >= 0.6 is 0 Å². The van der Waals surface area contributed by atoms with E-state index in [0.29, 0.717) is 5.91 Å². The van der Waals surface area contributed by atoms with Crippen LogP contribution < -0.4 is 5.32 Å².